The lowest BCUT2D eigenvalue weighted by atomic mass is 10.2. The molecule has 0 spiro atoms. The van der Waals surface area contributed by atoms with Crippen LogP contribution in [0.4, 0.5) is 4.39 Å². The Morgan fingerprint density at radius 1 is 1.21 bits per heavy atom. The third-order valence-electron chi connectivity index (χ3n) is 3.26. The number of benzene rings is 1. The van der Waals surface area contributed by atoms with E-state index < -0.39 is 18.4 Å². The van der Waals surface area contributed by atoms with E-state index in [1.807, 2.05) is 0 Å². The van der Waals surface area contributed by atoms with Crippen molar-refractivity contribution in [3.05, 3.63) is 53.7 Å². The van der Waals surface area contributed by atoms with Crippen LogP contribution in [0.5, 0.6) is 5.75 Å². The third kappa shape index (κ3) is 4.58. The Morgan fingerprint density at radius 2 is 1.88 bits per heavy atom. The summed E-state index contributed by atoms with van der Waals surface area (Å²) in [6, 6.07) is 8.30. The van der Waals surface area contributed by atoms with Crippen LogP contribution in [-0.4, -0.2) is 34.5 Å². The Morgan fingerprint density at radius 3 is 2.46 bits per heavy atom. The molecule has 1 aromatic heterocycles. The van der Waals surface area contributed by atoms with E-state index in [1.165, 1.54) is 35.2 Å². The zero-order chi connectivity index (χ0) is 17.7. The summed E-state index contributed by atoms with van der Waals surface area (Å²) in [5.74, 6) is -1.04. The number of carboxylic acids is 1. The van der Waals surface area contributed by atoms with Crippen LogP contribution in [0.15, 0.2) is 40.8 Å². The van der Waals surface area contributed by atoms with E-state index in [-0.39, 0.29) is 24.2 Å². The molecule has 0 radical (unpaired) electrons. The zero-order valence-corrected chi connectivity index (χ0v) is 13.4. The summed E-state index contributed by atoms with van der Waals surface area (Å²) in [5.41, 5.74) is 0. The second kappa shape index (κ2) is 7.63. The minimum absolute atomic E-state index is 0.0441. The van der Waals surface area contributed by atoms with E-state index in [2.05, 4.69) is 0 Å². The van der Waals surface area contributed by atoms with E-state index in [0.29, 0.717) is 11.5 Å². The number of furan rings is 1. The van der Waals surface area contributed by atoms with Gasteiger partial charge < -0.3 is 19.2 Å². The predicted molar refractivity (Wildman–Crippen MR) is 83.2 cm³/mol. The van der Waals surface area contributed by atoms with E-state index in [9.17, 15) is 14.0 Å². The van der Waals surface area contributed by atoms with Gasteiger partial charge in [0.25, 0.3) is 5.91 Å². The third-order valence-corrected chi connectivity index (χ3v) is 3.26. The number of carbonyl (C=O) groups is 2. The maximum Gasteiger partial charge on any atom is 0.323 e. The number of amides is 1. The van der Waals surface area contributed by atoms with Crippen molar-refractivity contribution in [3.8, 4) is 5.75 Å². The van der Waals surface area contributed by atoms with Crippen LogP contribution >= 0.6 is 0 Å². The van der Waals surface area contributed by atoms with Crippen LogP contribution in [0.2, 0.25) is 0 Å². The van der Waals surface area contributed by atoms with Crippen molar-refractivity contribution in [2.75, 3.05) is 6.54 Å². The Bertz CT molecular complexity index is 708. The molecular formula is C17H18FNO5. The summed E-state index contributed by atoms with van der Waals surface area (Å²) in [7, 11) is 0. The number of carbonyl (C=O) groups excluding carboxylic acids is 1. The predicted octanol–water partition coefficient (Wildman–Crippen LogP) is 2.93. The number of rotatable bonds is 7. The molecule has 2 rings (SSSR count). The molecular weight excluding hydrogens is 317 g/mol. The first-order valence-electron chi connectivity index (χ1n) is 7.36. The van der Waals surface area contributed by atoms with Crippen LogP contribution in [0, 0.1) is 5.82 Å². The average Bonchev–Trinajstić information content (AvgIpc) is 3.00. The van der Waals surface area contributed by atoms with Gasteiger partial charge >= 0.3 is 5.97 Å². The molecule has 1 aromatic carbocycles. The quantitative estimate of drug-likeness (QED) is 0.841. The second-order valence-electron chi connectivity index (χ2n) is 5.43. The Hall–Kier alpha value is -2.83. The number of ether oxygens (including phenoxy) is 1. The molecule has 0 fully saturated rings. The highest BCUT2D eigenvalue weighted by Crippen LogP contribution is 2.16. The molecule has 0 aliphatic heterocycles. The first kappa shape index (κ1) is 17.5. The van der Waals surface area contributed by atoms with Crippen molar-refractivity contribution < 1.29 is 28.2 Å². The lowest BCUT2D eigenvalue weighted by Crippen LogP contribution is -2.40. The molecule has 0 saturated carbocycles. The number of hydrogen-bond acceptors (Lipinski definition) is 4. The molecule has 128 valence electrons. The first-order valence-corrected chi connectivity index (χ1v) is 7.36. The molecule has 0 bridgehead atoms. The smallest absolute Gasteiger partial charge is 0.323 e. The normalized spacial score (nSPS) is 10.7. The molecule has 1 N–H and O–H groups in total. The number of hydrogen-bond donors (Lipinski definition) is 1. The maximum atomic E-state index is 12.8. The fourth-order valence-corrected chi connectivity index (χ4v) is 2.03. The fraction of sp³-hybridized carbons (Fsp3) is 0.294. The lowest BCUT2D eigenvalue weighted by molar-refractivity contribution is -0.138. The molecule has 0 aliphatic rings. The van der Waals surface area contributed by atoms with Crippen LogP contribution in [-0.2, 0) is 11.4 Å². The van der Waals surface area contributed by atoms with Gasteiger partial charge in [0.1, 0.15) is 30.5 Å². The topological polar surface area (TPSA) is 80.0 Å². The van der Waals surface area contributed by atoms with E-state index in [1.54, 1.807) is 19.9 Å². The summed E-state index contributed by atoms with van der Waals surface area (Å²) < 4.78 is 23.7. The summed E-state index contributed by atoms with van der Waals surface area (Å²) in [4.78, 5) is 24.4. The van der Waals surface area contributed by atoms with Crippen LogP contribution in [0.25, 0.3) is 0 Å². The van der Waals surface area contributed by atoms with Crippen molar-refractivity contribution in [2.45, 2.75) is 26.5 Å². The van der Waals surface area contributed by atoms with E-state index in [0.717, 1.165) is 0 Å². The number of nitrogens with zero attached hydrogens (tertiary/aromatic N) is 1. The Kier molecular flexibility index (Phi) is 5.57. The van der Waals surface area contributed by atoms with Crippen molar-refractivity contribution in [2.24, 2.45) is 0 Å². The largest absolute Gasteiger partial charge is 0.486 e. The number of carboxylic acid groups (broad SMARTS) is 1. The van der Waals surface area contributed by atoms with Gasteiger partial charge in [-0.1, -0.05) is 0 Å². The molecule has 2 aromatic rings. The molecule has 1 heterocycles. The van der Waals surface area contributed by atoms with Gasteiger partial charge in [0.2, 0.25) is 0 Å². The van der Waals surface area contributed by atoms with Crippen LogP contribution < -0.4 is 4.74 Å². The summed E-state index contributed by atoms with van der Waals surface area (Å²) in [6.45, 7) is 3.11. The van der Waals surface area contributed by atoms with Crippen molar-refractivity contribution >= 4 is 11.9 Å². The van der Waals surface area contributed by atoms with Gasteiger partial charge in [-0.3, -0.25) is 9.59 Å². The SMILES string of the molecule is CC(C)N(CC(=O)O)C(=O)c1ccc(COc2ccc(F)cc2)o1. The highest BCUT2D eigenvalue weighted by atomic mass is 19.1. The van der Waals surface area contributed by atoms with Crippen LogP contribution in [0.1, 0.15) is 30.2 Å². The van der Waals surface area contributed by atoms with Gasteiger partial charge in [-0.25, -0.2) is 4.39 Å². The molecule has 0 atom stereocenters. The van der Waals surface area contributed by atoms with Crippen molar-refractivity contribution in [1.82, 2.24) is 4.90 Å². The molecule has 24 heavy (non-hydrogen) atoms. The monoisotopic (exact) mass is 335 g/mol. The highest BCUT2D eigenvalue weighted by Gasteiger charge is 2.24. The molecule has 1 amide bonds. The fourth-order valence-electron chi connectivity index (χ4n) is 2.03. The van der Waals surface area contributed by atoms with Crippen LogP contribution in [0.3, 0.4) is 0 Å². The highest BCUT2D eigenvalue weighted by molar-refractivity contribution is 5.93. The maximum absolute atomic E-state index is 12.8. The minimum Gasteiger partial charge on any atom is -0.486 e. The Labute approximate surface area is 138 Å². The first-order chi connectivity index (χ1) is 11.4. The molecule has 6 nitrogen and oxygen atoms in total. The summed E-state index contributed by atoms with van der Waals surface area (Å²) in [5, 5.41) is 8.89. The van der Waals surface area contributed by atoms with Gasteiger partial charge in [0.05, 0.1) is 0 Å². The van der Waals surface area contributed by atoms with Gasteiger partial charge in [-0.05, 0) is 50.2 Å². The van der Waals surface area contributed by atoms with Gasteiger partial charge in [-0.15, -0.1) is 0 Å². The average molecular weight is 335 g/mol. The van der Waals surface area contributed by atoms with Gasteiger partial charge in [0, 0.05) is 6.04 Å². The molecule has 0 saturated heterocycles. The minimum atomic E-state index is -1.09. The molecule has 7 heteroatoms. The van der Waals surface area contributed by atoms with E-state index >= 15 is 0 Å². The second-order valence-corrected chi connectivity index (χ2v) is 5.43. The molecule has 0 aliphatic carbocycles. The lowest BCUT2D eigenvalue weighted by Gasteiger charge is -2.23. The van der Waals surface area contributed by atoms with Gasteiger partial charge in [-0.2, -0.15) is 0 Å². The summed E-state index contributed by atoms with van der Waals surface area (Å²) >= 11 is 0. The summed E-state index contributed by atoms with van der Waals surface area (Å²) in [6.07, 6.45) is 0. The van der Waals surface area contributed by atoms with Crippen molar-refractivity contribution in [3.63, 3.8) is 0 Å². The number of halogens is 1. The van der Waals surface area contributed by atoms with Crippen molar-refractivity contribution in [1.29, 1.82) is 0 Å². The standard InChI is InChI=1S/C17H18FNO5/c1-11(2)19(9-16(20)21)17(22)15-8-7-14(24-15)10-23-13-5-3-12(18)4-6-13/h3-8,11H,9-10H2,1-2H3,(H,20,21). The number of aliphatic carboxylic acids is 1. The molecule has 0 unspecified atom stereocenters. The van der Waals surface area contributed by atoms with E-state index in [4.69, 9.17) is 14.3 Å². The Balaban J connectivity index is 2.02. The van der Waals surface area contributed by atoms with Gasteiger partial charge in [0.15, 0.2) is 5.76 Å². The zero-order valence-electron chi connectivity index (χ0n) is 13.4.